The lowest BCUT2D eigenvalue weighted by Crippen LogP contribution is -2.20. The molecule has 1 aromatic rings. The molecule has 1 unspecified atom stereocenters. The summed E-state index contributed by atoms with van der Waals surface area (Å²) in [6.07, 6.45) is 0. The van der Waals surface area contributed by atoms with Gasteiger partial charge >= 0.3 is 5.97 Å². The molecule has 0 amide bonds. The number of rotatable bonds is 3. The van der Waals surface area contributed by atoms with Crippen LogP contribution in [-0.2, 0) is 4.79 Å². The highest BCUT2D eigenvalue weighted by Crippen LogP contribution is 2.21. The van der Waals surface area contributed by atoms with Crippen LogP contribution in [0.15, 0.2) is 5.38 Å². The number of aliphatic carboxylic acids is 1. The minimum atomic E-state index is -1.04. The molecule has 1 atom stereocenters. The van der Waals surface area contributed by atoms with Crippen molar-refractivity contribution in [3.05, 3.63) is 16.1 Å². The van der Waals surface area contributed by atoms with Crippen molar-refractivity contribution in [2.45, 2.75) is 25.8 Å². The number of thiazole rings is 1. The minimum absolute atomic E-state index is 0. The van der Waals surface area contributed by atoms with Crippen LogP contribution in [0.2, 0.25) is 0 Å². The first kappa shape index (κ1) is 17.0. The first-order valence-corrected chi connectivity index (χ1v) is 4.84. The summed E-state index contributed by atoms with van der Waals surface area (Å²) in [5.74, 6) is -0.722. The molecule has 0 fully saturated rings. The van der Waals surface area contributed by atoms with Crippen LogP contribution in [0.3, 0.4) is 0 Å². The average molecular weight is 273 g/mol. The molecule has 0 spiro atoms. The Bertz CT molecular complexity index is 317. The van der Waals surface area contributed by atoms with Gasteiger partial charge in [0.05, 0.1) is 10.7 Å². The van der Waals surface area contributed by atoms with Crippen molar-refractivity contribution in [1.82, 2.24) is 4.98 Å². The fraction of sp³-hybridized carbons (Fsp3) is 0.500. The van der Waals surface area contributed by atoms with E-state index in [1.165, 1.54) is 11.3 Å². The molecule has 7 heteroatoms. The first-order chi connectivity index (χ1) is 6.02. The van der Waals surface area contributed by atoms with Crippen LogP contribution in [0, 0.1) is 0 Å². The Kier molecular flexibility index (Phi) is 7.96. The predicted molar refractivity (Wildman–Crippen MR) is 65.3 cm³/mol. The molecule has 0 aliphatic carbocycles. The normalized spacial score (nSPS) is 11.5. The van der Waals surface area contributed by atoms with E-state index in [1.54, 1.807) is 5.38 Å². The summed E-state index contributed by atoms with van der Waals surface area (Å²) in [5.41, 5.74) is 5.84. The van der Waals surface area contributed by atoms with Gasteiger partial charge in [0, 0.05) is 11.3 Å². The number of carboxylic acids is 1. The number of hydrogen-bond donors (Lipinski definition) is 2. The van der Waals surface area contributed by atoms with Crippen LogP contribution in [0.5, 0.6) is 0 Å². The maximum absolute atomic E-state index is 10.5. The van der Waals surface area contributed by atoms with Crippen LogP contribution in [-0.4, -0.2) is 16.1 Å². The zero-order valence-corrected chi connectivity index (χ0v) is 10.8. The highest BCUT2D eigenvalue weighted by atomic mass is 35.5. The zero-order chi connectivity index (χ0) is 10.0. The number of hydrogen-bond acceptors (Lipinski definition) is 4. The quantitative estimate of drug-likeness (QED) is 0.885. The Hall–Kier alpha value is -0.360. The van der Waals surface area contributed by atoms with Crippen molar-refractivity contribution in [2.75, 3.05) is 0 Å². The van der Waals surface area contributed by atoms with Crippen LogP contribution < -0.4 is 5.73 Å². The number of carboxylic acid groups (broad SMARTS) is 1. The SMILES string of the molecule is CC(C)c1nc(C(N)C(=O)O)cs1.Cl.Cl. The minimum Gasteiger partial charge on any atom is -0.480 e. The Labute approximate surface area is 105 Å². The van der Waals surface area contributed by atoms with Crippen LogP contribution >= 0.6 is 36.2 Å². The van der Waals surface area contributed by atoms with E-state index >= 15 is 0 Å². The summed E-state index contributed by atoms with van der Waals surface area (Å²) >= 11 is 1.45. The highest BCUT2D eigenvalue weighted by molar-refractivity contribution is 7.09. The lowest BCUT2D eigenvalue weighted by atomic mass is 10.2. The second-order valence-electron chi connectivity index (χ2n) is 3.08. The summed E-state index contributed by atoms with van der Waals surface area (Å²) in [6, 6.07) is -0.997. The van der Waals surface area contributed by atoms with Gasteiger partial charge in [-0.1, -0.05) is 13.8 Å². The standard InChI is InChI=1S/C8H12N2O2S.2ClH/c1-4(2)7-10-5(3-13-7)6(9)8(11)12;;/h3-4,6H,9H2,1-2H3,(H,11,12);2*1H. The van der Waals surface area contributed by atoms with Gasteiger partial charge in [0.2, 0.25) is 0 Å². The van der Waals surface area contributed by atoms with Gasteiger partial charge in [0.1, 0.15) is 6.04 Å². The maximum atomic E-state index is 10.5. The van der Waals surface area contributed by atoms with Gasteiger partial charge in [0.25, 0.3) is 0 Å². The molecule has 15 heavy (non-hydrogen) atoms. The van der Waals surface area contributed by atoms with Crippen molar-refractivity contribution >= 4 is 42.1 Å². The van der Waals surface area contributed by atoms with Gasteiger partial charge in [-0.15, -0.1) is 36.2 Å². The third kappa shape index (κ3) is 4.34. The number of carbonyl (C=O) groups is 1. The molecule has 1 aromatic heterocycles. The molecule has 0 aliphatic rings. The molecular formula is C8H14Cl2N2O2S. The van der Waals surface area contributed by atoms with Gasteiger partial charge in [0.15, 0.2) is 0 Å². The number of halogens is 2. The van der Waals surface area contributed by atoms with Gasteiger partial charge in [-0.05, 0) is 0 Å². The van der Waals surface area contributed by atoms with Crippen molar-refractivity contribution in [2.24, 2.45) is 5.73 Å². The fourth-order valence-electron chi connectivity index (χ4n) is 0.835. The van der Waals surface area contributed by atoms with E-state index in [1.807, 2.05) is 13.8 Å². The Morgan fingerprint density at radius 1 is 1.53 bits per heavy atom. The number of nitrogens with zero attached hydrogens (tertiary/aromatic N) is 1. The average Bonchev–Trinajstić information content (AvgIpc) is 2.50. The molecule has 0 radical (unpaired) electrons. The molecule has 0 saturated carbocycles. The van der Waals surface area contributed by atoms with Crippen LogP contribution in [0.25, 0.3) is 0 Å². The van der Waals surface area contributed by atoms with E-state index < -0.39 is 12.0 Å². The Morgan fingerprint density at radius 3 is 2.40 bits per heavy atom. The summed E-state index contributed by atoms with van der Waals surface area (Å²) in [6.45, 7) is 4.02. The second-order valence-corrected chi connectivity index (χ2v) is 3.97. The van der Waals surface area contributed by atoms with Crippen molar-refractivity contribution in [1.29, 1.82) is 0 Å². The van der Waals surface area contributed by atoms with Crippen LogP contribution in [0.4, 0.5) is 0 Å². The molecule has 0 aromatic carbocycles. The summed E-state index contributed by atoms with van der Waals surface area (Å²) in [7, 11) is 0. The molecule has 3 N–H and O–H groups in total. The molecule has 0 bridgehead atoms. The summed E-state index contributed by atoms with van der Waals surface area (Å²) in [4.78, 5) is 14.7. The van der Waals surface area contributed by atoms with Gasteiger partial charge < -0.3 is 10.8 Å². The largest absolute Gasteiger partial charge is 0.480 e. The number of nitrogens with two attached hydrogens (primary N) is 1. The highest BCUT2D eigenvalue weighted by Gasteiger charge is 2.18. The lowest BCUT2D eigenvalue weighted by molar-refractivity contribution is -0.138. The smallest absolute Gasteiger partial charge is 0.326 e. The van der Waals surface area contributed by atoms with Crippen molar-refractivity contribution in [3.63, 3.8) is 0 Å². The summed E-state index contributed by atoms with van der Waals surface area (Å²) < 4.78 is 0. The van der Waals surface area contributed by atoms with Crippen LogP contribution in [0.1, 0.15) is 36.5 Å². The fourth-order valence-corrected chi connectivity index (χ4v) is 1.71. The van der Waals surface area contributed by atoms with E-state index in [-0.39, 0.29) is 24.8 Å². The maximum Gasteiger partial charge on any atom is 0.326 e. The molecule has 1 heterocycles. The third-order valence-electron chi connectivity index (χ3n) is 1.62. The van der Waals surface area contributed by atoms with Crippen molar-refractivity contribution in [3.8, 4) is 0 Å². The van der Waals surface area contributed by atoms with Gasteiger partial charge in [-0.25, -0.2) is 4.98 Å². The second kappa shape index (κ2) is 7.00. The van der Waals surface area contributed by atoms with Gasteiger partial charge in [-0.3, -0.25) is 4.79 Å². The zero-order valence-electron chi connectivity index (χ0n) is 8.34. The molecule has 0 saturated heterocycles. The number of aromatic nitrogens is 1. The van der Waals surface area contributed by atoms with E-state index in [9.17, 15) is 4.79 Å². The van der Waals surface area contributed by atoms with E-state index in [0.29, 0.717) is 11.6 Å². The Balaban J connectivity index is 0. The van der Waals surface area contributed by atoms with E-state index in [2.05, 4.69) is 4.98 Å². The first-order valence-electron chi connectivity index (χ1n) is 3.96. The van der Waals surface area contributed by atoms with Gasteiger partial charge in [-0.2, -0.15) is 0 Å². The molecule has 88 valence electrons. The van der Waals surface area contributed by atoms with E-state index in [0.717, 1.165) is 5.01 Å². The Morgan fingerprint density at radius 2 is 2.07 bits per heavy atom. The molecular weight excluding hydrogens is 259 g/mol. The molecule has 4 nitrogen and oxygen atoms in total. The summed E-state index contributed by atoms with van der Waals surface area (Å²) in [5, 5.41) is 11.2. The third-order valence-corrected chi connectivity index (χ3v) is 2.78. The predicted octanol–water partition coefficient (Wildman–Crippen LogP) is 2.19. The molecule has 0 aliphatic heterocycles. The topological polar surface area (TPSA) is 76.2 Å². The van der Waals surface area contributed by atoms with Crippen molar-refractivity contribution < 1.29 is 9.90 Å². The monoisotopic (exact) mass is 272 g/mol. The lowest BCUT2D eigenvalue weighted by Gasteiger charge is -2.01. The molecule has 1 rings (SSSR count). The van der Waals surface area contributed by atoms with E-state index in [4.69, 9.17) is 10.8 Å².